The third-order valence-corrected chi connectivity index (χ3v) is 18.2. The molecule has 1 amide bonds. The molecule has 1 rings (SSSR count). The minimum Gasteiger partial charge on any atom is -0.466 e. The van der Waals surface area contributed by atoms with Crippen molar-refractivity contribution in [1.82, 2.24) is 5.32 Å². The SMILES string of the molecule is CC/C=C/CC/C=C/CC/C=C/C(O)C(COC1OC(CO)C(O)C(O)C1O)NC(=O)CCCCCCCCCCCCCCCCCCC/C=C\C/C=C\CCCCCCCCCCCCCCCOC(=O)CCCCCCCCC/C=C\C/C=C\CCCCCC. The van der Waals surface area contributed by atoms with Crippen LogP contribution >= 0.6 is 0 Å². The topological polar surface area (TPSA) is 175 Å². The van der Waals surface area contributed by atoms with Crippen molar-refractivity contribution >= 4 is 11.9 Å². The molecule has 11 heteroatoms. The lowest BCUT2D eigenvalue weighted by molar-refractivity contribution is -0.302. The van der Waals surface area contributed by atoms with Gasteiger partial charge >= 0.3 is 5.97 Å². The minimum absolute atomic E-state index is 0.00463. The van der Waals surface area contributed by atoms with E-state index < -0.39 is 49.5 Å². The van der Waals surface area contributed by atoms with Crippen molar-refractivity contribution < 1.29 is 49.3 Å². The quantitative estimate of drug-likeness (QED) is 0.0195. The van der Waals surface area contributed by atoms with E-state index in [1.165, 1.54) is 250 Å². The summed E-state index contributed by atoms with van der Waals surface area (Å²) in [7, 11) is 0. The number of hydrogen-bond donors (Lipinski definition) is 6. The molecule has 0 spiro atoms. The smallest absolute Gasteiger partial charge is 0.305 e. The maximum atomic E-state index is 13.0. The Hall–Kier alpha value is -3.16. The summed E-state index contributed by atoms with van der Waals surface area (Å²) in [5.41, 5.74) is 0. The van der Waals surface area contributed by atoms with Crippen LogP contribution in [0, 0.1) is 0 Å². The van der Waals surface area contributed by atoms with Gasteiger partial charge in [-0.3, -0.25) is 9.59 Å². The molecule has 1 aliphatic rings. The predicted molar refractivity (Wildman–Crippen MR) is 393 cm³/mol. The molecule has 0 bridgehead atoms. The second kappa shape index (κ2) is 70.2. The summed E-state index contributed by atoms with van der Waals surface area (Å²) in [5, 5.41) is 54.3. The molecule has 1 fully saturated rings. The zero-order valence-corrected chi connectivity index (χ0v) is 60.2. The molecule has 0 aromatic carbocycles. The van der Waals surface area contributed by atoms with Crippen molar-refractivity contribution in [3.05, 3.63) is 85.1 Å². The van der Waals surface area contributed by atoms with Crippen LogP contribution in [0.15, 0.2) is 85.1 Å². The Bertz CT molecular complexity index is 1820. The van der Waals surface area contributed by atoms with Crippen molar-refractivity contribution in [2.24, 2.45) is 0 Å². The van der Waals surface area contributed by atoms with Crippen molar-refractivity contribution in [2.45, 2.75) is 403 Å². The number of ether oxygens (including phenoxy) is 3. The minimum atomic E-state index is -1.58. The number of nitrogens with one attached hydrogen (secondary N) is 1. The highest BCUT2D eigenvalue weighted by Gasteiger charge is 2.44. The van der Waals surface area contributed by atoms with Crippen LogP contribution in [-0.2, 0) is 23.8 Å². The molecule has 0 aliphatic carbocycles. The fourth-order valence-corrected chi connectivity index (χ4v) is 12.1. The lowest BCUT2D eigenvalue weighted by atomic mass is 9.99. The van der Waals surface area contributed by atoms with Crippen molar-refractivity contribution in [2.75, 3.05) is 19.8 Å². The van der Waals surface area contributed by atoms with Gasteiger partial charge in [0.2, 0.25) is 5.91 Å². The molecule has 0 aromatic heterocycles. The molecule has 1 heterocycles. The first-order valence-electron chi connectivity index (χ1n) is 39.4. The number of unbranched alkanes of at least 4 members (excludes halogenated alkanes) is 43. The standard InChI is InChI=1S/C82H147NO10/c1-3-5-7-9-11-13-15-16-17-18-41-44-47-50-54-58-62-66-70-78(87)91-71-67-63-59-55-51-48-45-42-39-37-35-33-31-29-27-25-23-21-19-20-22-24-26-28-30-32-34-36-38-40-43-46-49-53-57-61-65-69-77(86)83-74(73-92-82-81(90)80(89)79(88)76(72-84)93-82)75(85)68-64-60-56-52-14-12-10-8-6-4-2/h6,8,13-15,17-19,21,25,27,52,64,68,74-76,79-82,84-85,88-90H,3-5,7,9-12,16,20,22-24,26,28-51,53-63,65-67,69-73H2,1-2H3,(H,83,86)/b8-6+,15-13-,18-17-,21-19-,27-25-,52-14+,68-64+. The first-order valence-corrected chi connectivity index (χ1v) is 39.4. The molecular weight excluding hydrogens is 1160 g/mol. The van der Waals surface area contributed by atoms with Crippen LogP contribution in [0.4, 0.5) is 0 Å². The number of aliphatic hydroxyl groups is 5. The van der Waals surface area contributed by atoms with Crippen LogP contribution in [0.25, 0.3) is 0 Å². The van der Waals surface area contributed by atoms with Crippen LogP contribution < -0.4 is 5.32 Å². The Morgan fingerprint density at radius 3 is 1.17 bits per heavy atom. The van der Waals surface area contributed by atoms with Crippen molar-refractivity contribution in [1.29, 1.82) is 0 Å². The molecule has 1 saturated heterocycles. The van der Waals surface area contributed by atoms with E-state index in [2.05, 4.69) is 92.1 Å². The fraction of sp³-hybridized carbons (Fsp3) is 0.805. The summed E-state index contributed by atoms with van der Waals surface area (Å²) in [6, 6.07) is -0.833. The predicted octanol–water partition coefficient (Wildman–Crippen LogP) is 21.2. The van der Waals surface area contributed by atoms with Crippen molar-refractivity contribution in [3.8, 4) is 0 Å². The average molecular weight is 1310 g/mol. The number of allylic oxidation sites excluding steroid dienone is 13. The first-order chi connectivity index (χ1) is 45.7. The Labute approximate surface area is 572 Å². The van der Waals surface area contributed by atoms with Crippen molar-refractivity contribution in [3.63, 3.8) is 0 Å². The van der Waals surface area contributed by atoms with Gasteiger partial charge in [-0.15, -0.1) is 0 Å². The van der Waals surface area contributed by atoms with E-state index in [9.17, 15) is 35.1 Å². The van der Waals surface area contributed by atoms with Crippen LogP contribution in [0.2, 0.25) is 0 Å². The zero-order chi connectivity index (χ0) is 67.2. The molecule has 0 aromatic rings. The van der Waals surface area contributed by atoms with E-state index in [0.717, 1.165) is 83.5 Å². The Balaban J connectivity index is 1.88. The highest BCUT2D eigenvalue weighted by molar-refractivity contribution is 5.76. The van der Waals surface area contributed by atoms with E-state index in [1.54, 1.807) is 6.08 Å². The van der Waals surface area contributed by atoms with E-state index in [4.69, 9.17) is 14.2 Å². The number of rotatable bonds is 69. The van der Waals surface area contributed by atoms with E-state index in [1.807, 2.05) is 6.08 Å². The normalized spacial score (nSPS) is 17.9. The fourth-order valence-electron chi connectivity index (χ4n) is 12.1. The number of hydrogen-bond acceptors (Lipinski definition) is 10. The largest absolute Gasteiger partial charge is 0.466 e. The van der Waals surface area contributed by atoms with Gasteiger partial charge in [-0.05, 0) is 116 Å². The van der Waals surface area contributed by atoms with E-state index in [0.29, 0.717) is 19.4 Å². The van der Waals surface area contributed by atoms with Crippen LogP contribution in [0.1, 0.15) is 361 Å². The summed E-state index contributed by atoms with van der Waals surface area (Å²) in [5.74, 6) is -0.191. The molecule has 0 radical (unpaired) electrons. The Kier molecular flexibility index (Phi) is 66.3. The van der Waals surface area contributed by atoms with Gasteiger partial charge in [0, 0.05) is 12.8 Å². The Morgan fingerprint density at radius 2 is 0.763 bits per heavy atom. The summed E-state index contributed by atoms with van der Waals surface area (Å²) in [6.45, 7) is 4.21. The summed E-state index contributed by atoms with van der Waals surface area (Å²) < 4.78 is 16.7. The van der Waals surface area contributed by atoms with Crippen LogP contribution in [-0.4, -0.2) is 100 Å². The summed E-state index contributed by atoms with van der Waals surface area (Å²) in [4.78, 5) is 25.2. The summed E-state index contributed by atoms with van der Waals surface area (Å²) >= 11 is 0. The molecule has 11 nitrogen and oxygen atoms in total. The second-order valence-electron chi connectivity index (χ2n) is 27.0. The molecule has 1 aliphatic heterocycles. The number of carbonyl (C=O) groups excluding carboxylic acids is 2. The Morgan fingerprint density at radius 1 is 0.409 bits per heavy atom. The average Bonchev–Trinajstić information content (AvgIpc) is 0.939. The second-order valence-corrected chi connectivity index (χ2v) is 27.0. The number of aliphatic hydroxyl groups excluding tert-OH is 5. The summed E-state index contributed by atoms with van der Waals surface area (Å²) in [6.07, 6.45) is 87.8. The monoisotopic (exact) mass is 1310 g/mol. The van der Waals surface area contributed by atoms with E-state index in [-0.39, 0.29) is 18.5 Å². The van der Waals surface area contributed by atoms with Gasteiger partial charge in [0.15, 0.2) is 6.29 Å². The molecular formula is C82H147NO10. The van der Waals surface area contributed by atoms with Crippen LogP contribution in [0.3, 0.4) is 0 Å². The van der Waals surface area contributed by atoms with Gasteiger partial charge in [0.25, 0.3) is 0 Å². The van der Waals surface area contributed by atoms with Crippen LogP contribution in [0.5, 0.6) is 0 Å². The van der Waals surface area contributed by atoms with Gasteiger partial charge in [-0.25, -0.2) is 0 Å². The highest BCUT2D eigenvalue weighted by atomic mass is 16.7. The maximum Gasteiger partial charge on any atom is 0.305 e. The molecule has 7 atom stereocenters. The van der Waals surface area contributed by atoms with E-state index >= 15 is 0 Å². The third kappa shape index (κ3) is 58.7. The van der Waals surface area contributed by atoms with Gasteiger partial charge in [0.1, 0.15) is 24.4 Å². The lowest BCUT2D eigenvalue weighted by Crippen LogP contribution is -2.60. The highest BCUT2D eigenvalue weighted by Crippen LogP contribution is 2.23. The third-order valence-electron chi connectivity index (χ3n) is 18.2. The molecule has 0 saturated carbocycles. The molecule has 540 valence electrons. The number of amides is 1. The molecule has 6 N–H and O–H groups in total. The molecule has 7 unspecified atom stereocenters. The van der Waals surface area contributed by atoms with Gasteiger partial charge in [-0.1, -0.05) is 317 Å². The van der Waals surface area contributed by atoms with Gasteiger partial charge in [-0.2, -0.15) is 0 Å². The first kappa shape index (κ1) is 87.9. The van der Waals surface area contributed by atoms with Gasteiger partial charge < -0.3 is 45.1 Å². The maximum absolute atomic E-state index is 13.0. The molecule has 93 heavy (non-hydrogen) atoms. The zero-order valence-electron chi connectivity index (χ0n) is 60.2. The van der Waals surface area contributed by atoms with Gasteiger partial charge in [0.05, 0.1) is 32.0 Å². The lowest BCUT2D eigenvalue weighted by Gasteiger charge is -2.40. The number of carbonyl (C=O) groups is 2. The number of esters is 1.